The lowest BCUT2D eigenvalue weighted by Gasteiger charge is -2.50. The summed E-state index contributed by atoms with van der Waals surface area (Å²) in [6, 6.07) is 4.33. The monoisotopic (exact) mass is 794 g/mol. The average molecular weight is 797 g/mol. The Kier molecular flexibility index (Phi) is 8.41. The van der Waals surface area contributed by atoms with Crippen molar-refractivity contribution >= 4 is 80.2 Å². The van der Waals surface area contributed by atoms with E-state index in [1.165, 1.54) is 33.4 Å². The topological polar surface area (TPSA) is 130 Å². The fourth-order valence-corrected chi connectivity index (χ4v) is 9.06. The molecule has 0 spiro atoms. The maximum absolute atomic E-state index is 14.3. The number of methoxy groups -OCH3 is 2. The number of pyridine rings is 1. The van der Waals surface area contributed by atoms with Gasteiger partial charge < -0.3 is 14.6 Å². The molecule has 3 heterocycles. The van der Waals surface area contributed by atoms with Gasteiger partial charge in [0.25, 0.3) is 23.6 Å². The predicted octanol–water partition coefficient (Wildman–Crippen LogP) is 5.24. The molecule has 11 nitrogen and oxygen atoms in total. The number of aromatic hydroxyl groups is 1. The van der Waals surface area contributed by atoms with E-state index in [1.807, 2.05) is 0 Å². The molecule has 4 amide bonds. The van der Waals surface area contributed by atoms with Crippen molar-refractivity contribution in [3.63, 3.8) is 0 Å². The standard InChI is InChI=1S/C30H25BrCl3F3N4O7/c1-39(23-16(32)6-7-19(38-23)30(35,36)37)41-24(43)14-5-4-13-15(20(14)25(41)44)10-28(33)26(45)40(11-31)27(46)29(28,34)22(13)21-17(42)8-12(47-2)9-18(21)48-3/h4,6-9,14-15,20,22,42H,5,10-11H2,1-3H3/t14-,15+,20-,22+,28+,29-/m0/s1. The SMILES string of the molecule is COc1cc(O)c([C@H]2C3=CC[C@@H]4C(=O)N(N(C)c5nc(C(F)(F)F)ccc5Cl)C(=O)[C@@H]4[C@@H]3C[C@@]3(Cl)C(=O)N(CBr)C(=O)[C@@]23Cl)c(OC)c1. The number of ether oxygens (including phenoxy) is 2. The minimum atomic E-state index is -4.84. The van der Waals surface area contributed by atoms with Gasteiger partial charge in [-0.25, -0.2) is 4.98 Å². The van der Waals surface area contributed by atoms with E-state index in [-0.39, 0.29) is 40.4 Å². The molecule has 1 aromatic heterocycles. The first kappa shape index (κ1) is 34.6. The van der Waals surface area contributed by atoms with Crippen LogP contribution < -0.4 is 14.5 Å². The number of likely N-dealkylation sites (tertiary alicyclic amines) is 1. The van der Waals surface area contributed by atoms with Crippen LogP contribution in [0.1, 0.15) is 30.0 Å². The van der Waals surface area contributed by atoms with E-state index in [2.05, 4.69) is 20.9 Å². The van der Waals surface area contributed by atoms with Crippen LogP contribution in [0.15, 0.2) is 35.9 Å². The van der Waals surface area contributed by atoms with Crippen LogP contribution in [0.25, 0.3) is 0 Å². The van der Waals surface area contributed by atoms with Crippen molar-refractivity contribution in [2.24, 2.45) is 17.8 Å². The largest absolute Gasteiger partial charge is 0.507 e. The van der Waals surface area contributed by atoms with Crippen molar-refractivity contribution < 1.29 is 46.9 Å². The molecule has 0 bridgehead atoms. The Balaban J connectivity index is 1.50. The number of hydrogen-bond donors (Lipinski definition) is 1. The molecule has 2 aromatic rings. The van der Waals surface area contributed by atoms with Crippen LogP contribution in [0, 0.1) is 17.8 Å². The van der Waals surface area contributed by atoms with Gasteiger partial charge in [0, 0.05) is 30.7 Å². The first-order valence-corrected chi connectivity index (χ1v) is 16.5. The molecule has 2 aliphatic carbocycles. The average Bonchev–Trinajstić information content (AvgIpc) is 3.37. The molecular formula is C30H25BrCl3F3N4O7. The van der Waals surface area contributed by atoms with Crippen molar-refractivity contribution in [2.45, 2.75) is 34.7 Å². The fraction of sp³-hybridized carbons (Fsp3) is 0.433. The Morgan fingerprint density at radius 3 is 2.38 bits per heavy atom. The summed E-state index contributed by atoms with van der Waals surface area (Å²) in [5, 5.41) is 12.6. The van der Waals surface area contributed by atoms with Gasteiger partial charge >= 0.3 is 6.18 Å². The Morgan fingerprint density at radius 2 is 1.77 bits per heavy atom. The summed E-state index contributed by atoms with van der Waals surface area (Å²) >= 11 is 23.8. The number of aromatic nitrogens is 1. The van der Waals surface area contributed by atoms with Crippen molar-refractivity contribution in [1.82, 2.24) is 14.9 Å². The first-order valence-electron chi connectivity index (χ1n) is 14.3. The first-order chi connectivity index (χ1) is 22.5. The second kappa shape index (κ2) is 11.7. The Labute approximate surface area is 294 Å². The van der Waals surface area contributed by atoms with Crippen LogP contribution in [0.5, 0.6) is 17.2 Å². The number of benzene rings is 1. The molecule has 1 N–H and O–H groups in total. The molecule has 0 radical (unpaired) electrons. The van der Waals surface area contributed by atoms with Gasteiger partial charge in [0.15, 0.2) is 15.6 Å². The van der Waals surface area contributed by atoms with Gasteiger partial charge in [-0.05, 0) is 30.9 Å². The van der Waals surface area contributed by atoms with Crippen LogP contribution in [-0.2, 0) is 25.4 Å². The number of allylic oxidation sites excluding steroid dienone is 2. The summed E-state index contributed by atoms with van der Waals surface area (Å²) in [6.45, 7) is 0. The van der Waals surface area contributed by atoms with Gasteiger partial charge in [-0.3, -0.25) is 29.1 Å². The number of imide groups is 2. The number of anilines is 1. The van der Waals surface area contributed by atoms with E-state index >= 15 is 0 Å². The third kappa shape index (κ3) is 4.63. The number of amides is 4. The lowest BCUT2D eigenvalue weighted by molar-refractivity contribution is -0.142. The molecule has 48 heavy (non-hydrogen) atoms. The van der Waals surface area contributed by atoms with Gasteiger partial charge in [-0.15, -0.1) is 23.2 Å². The molecule has 4 aliphatic rings. The van der Waals surface area contributed by atoms with Gasteiger partial charge in [-0.2, -0.15) is 18.2 Å². The number of fused-ring (bicyclic) bond motifs is 4. The van der Waals surface area contributed by atoms with Crippen LogP contribution in [0.2, 0.25) is 5.02 Å². The third-order valence-corrected chi connectivity index (χ3v) is 11.8. The fourth-order valence-electron chi connectivity index (χ4n) is 7.42. The van der Waals surface area contributed by atoms with Crippen molar-refractivity contribution in [3.8, 4) is 17.2 Å². The number of hydrazine groups is 1. The number of phenolic OH excluding ortho intramolecular Hbond substituents is 1. The number of alkyl halides is 6. The molecule has 3 fully saturated rings. The van der Waals surface area contributed by atoms with E-state index in [1.54, 1.807) is 6.08 Å². The molecular weight excluding hydrogens is 772 g/mol. The summed E-state index contributed by atoms with van der Waals surface area (Å²) in [7, 11) is 3.85. The number of carbonyl (C=O) groups is 4. The molecule has 256 valence electrons. The second-order valence-corrected chi connectivity index (χ2v) is 13.9. The zero-order valence-corrected chi connectivity index (χ0v) is 29.0. The van der Waals surface area contributed by atoms with Crippen LogP contribution in [-0.4, -0.2) is 80.1 Å². The quantitative estimate of drug-likeness (QED) is 0.181. The van der Waals surface area contributed by atoms with Crippen LogP contribution in [0.3, 0.4) is 0 Å². The summed E-state index contributed by atoms with van der Waals surface area (Å²) in [4.78, 5) is 56.1. The number of halogens is 7. The van der Waals surface area contributed by atoms with Gasteiger partial charge in [-0.1, -0.05) is 39.2 Å². The van der Waals surface area contributed by atoms with Crippen LogP contribution in [0.4, 0.5) is 19.0 Å². The highest BCUT2D eigenvalue weighted by Crippen LogP contribution is 2.67. The number of carbonyl (C=O) groups excluding carboxylic acids is 4. The summed E-state index contributed by atoms with van der Waals surface area (Å²) in [6.07, 6.45) is -3.64. The molecule has 1 aromatic carbocycles. The van der Waals surface area contributed by atoms with Crippen LogP contribution >= 0.6 is 50.7 Å². The van der Waals surface area contributed by atoms with E-state index in [4.69, 9.17) is 44.3 Å². The number of phenols is 1. The molecule has 2 aliphatic heterocycles. The van der Waals surface area contributed by atoms with Gasteiger partial charge in [0.05, 0.1) is 36.5 Å². The van der Waals surface area contributed by atoms with Crippen molar-refractivity contribution in [3.05, 3.63) is 52.2 Å². The zero-order chi connectivity index (χ0) is 35.2. The molecule has 1 saturated carbocycles. The lowest BCUT2D eigenvalue weighted by Crippen LogP contribution is -2.60. The normalized spacial score (nSPS) is 29.8. The lowest BCUT2D eigenvalue weighted by atomic mass is 9.56. The molecule has 6 rings (SSSR count). The number of nitrogens with zero attached hydrogens (tertiary/aromatic N) is 4. The minimum absolute atomic E-state index is 0.00371. The Bertz CT molecular complexity index is 1820. The highest BCUT2D eigenvalue weighted by Gasteiger charge is 2.77. The van der Waals surface area contributed by atoms with Crippen molar-refractivity contribution in [1.29, 1.82) is 0 Å². The second-order valence-electron chi connectivity index (χ2n) is 11.8. The summed E-state index contributed by atoms with van der Waals surface area (Å²) < 4.78 is 51.4. The maximum Gasteiger partial charge on any atom is 0.433 e. The number of hydrogen-bond acceptors (Lipinski definition) is 9. The van der Waals surface area contributed by atoms with Gasteiger partial charge in [0.2, 0.25) is 0 Å². The van der Waals surface area contributed by atoms with E-state index in [9.17, 15) is 37.5 Å². The number of rotatable bonds is 6. The zero-order valence-electron chi connectivity index (χ0n) is 25.1. The highest BCUT2D eigenvalue weighted by molar-refractivity contribution is 9.09. The molecule has 18 heteroatoms. The smallest absolute Gasteiger partial charge is 0.433 e. The molecule has 0 unspecified atom stereocenters. The van der Waals surface area contributed by atoms with E-state index in [0.29, 0.717) is 16.6 Å². The molecule has 6 atom stereocenters. The van der Waals surface area contributed by atoms with E-state index < -0.39 is 80.5 Å². The predicted molar refractivity (Wildman–Crippen MR) is 169 cm³/mol. The van der Waals surface area contributed by atoms with Crippen molar-refractivity contribution in [2.75, 3.05) is 31.7 Å². The summed E-state index contributed by atoms with van der Waals surface area (Å²) in [5.74, 6) is -8.53. The van der Waals surface area contributed by atoms with Gasteiger partial charge in [0.1, 0.15) is 22.9 Å². The molecule has 2 saturated heterocycles. The highest BCUT2D eigenvalue weighted by atomic mass is 79.9. The minimum Gasteiger partial charge on any atom is -0.507 e. The maximum atomic E-state index is 14.3. The summed E-state index contributed by atoms with van der Waals surface area (Å²) in [5.41, 5.74) is -1.21. The third-order valence-electron chi connectivity index (χ3n) is 9.55. The Morgan fingerprint density at radius 1 is 1.08 bits per heavy atom. The Hall–Kier alpha value is -3.27. The van der Waals surface area contributed by atoms with E-state index in [0.717, 1.165) is 16.0 Å².